The highest BCUT2D eigenvalue weighted by Gasteiger charge is 2.41. The van der Waals surface area contributed by atoms with Gasteiger partial charge in [-0.05, 0) is 5.92 Å². The highest BCUT2D eigenvalue weighted by Crippen LogP contribution is 2.23. The summed E-state index contributed by atoms with van der Waals surface area (Å²) >= 11 is 11.0. The maximum Gasteiger partial charge on any atom is 0.257 e. The first kappa shape index (κ1) is 12.6. The molecule has 1 heterocycles. The smallest absolute Gasteiger partial charge is 0.257 e. The number of rotatable bonds is 2. The van der Waals surface area contributed by atoms with Gasteiger partial charge < -0.3 is 9.80 Å². The van der Waals surface area contributed by atoms with Crippen LogP contribution in [0.25, 0.3) is 0 Å². The van der Waals surface area contributed by atoms with Crippen molar-refractivity contribution < 1.29 is 9.59 Å². The average Bonchev–Trinajstić information content (AvgIpc) is 2.41. The number of carbonyl (C=O) groups excluding carboxylic acids is 2. The summed E-state index contributed by atoms with van der Waals surface area (Å²) in [5.74, 6) is -0.344. The molecule has 1 saturated heterocycles. The van der Waals surface area contributed by atoms with Gasteiger partial charge in [-0.15, -0.1) is 0 Å². The molecule has 0 saturated carbocycles. The van der Waals surface area contributed by atoms with E-state index in [2.05, 4.69) is 0 Å². The van der Waals surface area contributed by atoms with E-state index in [4.69, 9.17) is 23.2 Å². The molecule has 86 valence electrons. The molecule has 1 rings (SSSR count). The summed E-state index contributed by atoms with van der Waals surface area (Å²) in [6, 6.07) is 0. The molecule has 15 heavy (non-hydrogen) atoms. The van der Waals surface area contributed by atoms with Crippen LogP contribution < -0.4 is 0 Å². The number of amides is 2. The van der Waals surface area contributed by atoms with Crippen molar-refractivity contribution in [3.63, 3.8) is 0 Å². The van der Waals surface area contributed by atoms with Gasteiger partial charge in [-0.1, -0.05) is 37.0 Å². The van der Waals surface area contributed by atoms with E-state index in [0.29, 0.717) is 0 Å². The van der Waals surface area contributed by atoms with E-state index in [1.54, 1.807) is 11.9 Å². The molecule has 0 bridgehead atoms. The standard InChI is InChI=1S/C9H14Cl2N2O2/c1-5(2)8-12(3)6(14)4-13(8)9(15)7(10)11/h5,7-8H,4H2,1-3H3. The van der Waals surface area contributed by atoms with Crippen LogP contribution in [0.1, 0.15) is 13.8 Å². The van der Waals surface area contributed by atoms with Crippen LogP contribution in [0.5, 0.6) is 0 Å². The molecule has 4 nitrogen and oxygen atoms in total. The molecule has 0 aliphatic carbocycles. The molecule has 1 unspecified atom stereocenters. The molecule has 6 heteroatoms. The molecular weight excluding hydrogens is 239 g/mol. The maximum absolute atomic E-state index is 11.6. The fourth-order valence-corrected chi connectivity index (χ4v) is 2.10. The predicted octanol–water partition coefficient (Wildman–Crippen LogP) is 1.07. The minimum absolute atomic E-state index is 0.0636. The Morgan fingerprint density at radius 2 is 2.00 bits per heavy atom. The zero-order valence-electron chi connectivity index (χ0n) is 8.91. The van der Waals surface area contributed by atoms with Gasteiger partial charge in [-0.3, -0.25) is 9.59 Å². The third kappa shape index (κ3) is 2.37. The SMILES string of the molecule is CC(C)C1N(C)C(=O)CN1C(=O)C(Cl)Cl. The van der Waals surface area contributed by atoms with Gasteiger partial charge in [0.2, 0.25) is 5.91 Å². The van der Waals surface area contributed by atoms with E-state index < -0.39 is 10.7 Å². The molecule has 1 aliphatic heterocycles. The fourth-order valence-electron chi connectivity index (χ4n) is 1.85. The molecule has 2 amide bonds. The molecular formula is C9H14Cl2N2O2. The Bertz CT molecular complexity index is 281. The van der Waals surface area contributed by atoms with Crippen molar-refractivity contribution in [2.75, 3.05) is 13.6 Å². The van der Waals surface area contributed by atoms with E-state index in [1.165, 1.54) is 4.90 Å². The van der Waals surface area contributed by atoms with Gasteiger partial charge in [0.15, 0.2) is 4.84 Å². The monoisotopic (exact) mass is 252 g/mol. The Morgan fingerprint density at radius 3 is 2.40 bits per heavy atom. The van der Waals surface area contributed by atoms with Crippen LogP contribution in [0.15, 0.2) is 0 Å². The molecule has 0 aromatic carbocycles. The number of likely N-dealkylation sites (N-methyl/N-ethyl adjacent to an activating group) is 1. The van der Waals surface area contributed by atoms with Gasteiger partial charge in [0.1, 0.15) is 12.7 Å². The second kappa shape index (κ2) is 4.58. The third-order valence-corrected chi connectivity index (χ3v) is 2.85. The lowest BCUT2D eigenvalue weighted by molar-refractivity contribution is -0.132. The van der Waals surface area contributed by atoms with Crippen LogP contribution in [-0.4, -0.2) is 46.2 Å². The summed E-state index contributed by atoms with van der Waals surface area (Å²) in [4.78, 5) is 25.0. The second-order valence-electron chi connectivity index (χ2n) is 3.93. The Balaban J connectivity index is 2.89. The summed E-state index contributed by atoms with van der Waals surface area (Å²) < 4.78 is 0. The van der Waals surface area contributed by atoms with Crippen molar-refractivity contribution >= 4 is 35.0 Å². The summed E-state index contributed by atoms with van der Waals surface area (Å²) in [6.07, 6.45) is -0.245. The van der Waals surface area contributed by atoms with Crippen molar-refractivity contribution in [1.82, 2.24) is 9.80 Å². The van der Waals surface area contributed by atoms with Gasteiger partial charge in [0, 0.05) is 7.05 Å². The van der Waals surface area contributed by atoms with Crippen molar-refractivity contribution in [2.24, 2.45) is 5.92 Å². The van der Waals surface area contributed by atoms with Crippen molar-refractivity contribution in [3.05, 3.63) is 0 Å². The van der Waals surface area contributed by atoms with Crippen LogP contribution in [-0.2, 0) is 9.59 Å². The van der Waals surface area contributed by atoms with Crippen LogP contribution >= 0.6 is 23.2 Å². The lowest BCUT2D eigenvalue weighted by atomic mass is 10.1. The minimum atomic E-state index is -1.11. The van der Waals surface area contributed by atoms with Crippen molar-refractivity contribution in [3.8, 4) is 0 Å². The highest BCUT2D eigenvalue weighted by molar-refractivity contribution is 6.53. The Hall–Kier alpha value is -0.480. The molecule has 1 atom stereocenters. The molecule has 1 fully saturated rings. The first-order valence-corrected chi connectivity index (χ1v) is 5.57. The minimum Gasteiger partial charge on any atom is -0.323 e. The average molecular weight is 253 g/mol. The number of nitrogens with zero attached hydrogens (tertiary/aromatic N) is 2. The van der Waals surface area contributed by atoms with Crippen LogP contribution in [0, 0.1) is 5.92 Å². The normalized spacial score (nSPS) is 22.1. The van der Waals surface area contributed by atoms with Crippen LogP contribution in [0.2, 0.25) is 0 Å². The lowest BCUT2D eigenvalue weighted by Crippen LogP contribution is -2.46. The molecule has 0 spiro atoms. The van der Waals surface area contributed by atoms with E-state index in [9.17, 15) is 9.59 Å². The predicted molar refractivity (Wildman–Crippen MR) is 58.6 cm³/mol. The van der Waals surface area contributed by atoms with E-state index in [0.717, 1.165) is 0 Å². The Kier molecular flexibility index (Phi) is 3.84. The summed E-state index contributed by atoms with van der Waals surface area (Å²) in [6.45, 7) is 3.95. The molecule has 0 radical (unpaired) electrons. The van der Waals surface area contributed by atoms with Gasteiger partial charge in [0.05, 0.1) is 0 Å². The molecule has 0 aromatic heterocycles. The molecule has 0 aromatic rings. The first-order valence-electron chi connectivity index (χ1n) is 4.70. The lowest BCUT2D eigenvalue weighted by Gasteiger charge is -2.30. The number of carbonyl (C=O) groups is 2. The quantitative estimate of drug-likeness (QED) is 0.691. The zero-order chi connectivity index (χ0) is 11.7. The van der Waals surface area contributed by atoms with Crippen molar-refractivity contribution in [1.29, 1.82) is 0 Å². The summed E-state index contributed by atoms with van der Waals surface area (Å²) in [5.41, 5.74) is 0. The number of halogens is 2. The van der Waals surface area contributed by atoms with E-state index >= 15 is 0 Å². The zero-order valence-corrected chi connectivity index (χ0v) is 10.4. The topological polar surface area (TPSA) is 40.6 Å². The summed E-state index contributed by atoms with van der Waals surface area (Å²) in [5, 5.41) is 0. The number of hydrogen-bond acceptors (Lipinski definition) is 2. The van der Waals surface area contributed by atoms with Crippen LogP contribution in [0.3, 0.4) is 0 Å². The van der Waals surface area contributed by atoms with Crippen LogP contribution in [0.4, 0.5) is 0 Å². The van der Waals surface area contributed by atoms with Gasteiger partial charge in [-0.2, -0.15) is 0 Å². The van der Waals surface area contributed by atoms with E-state index in [1.807, 2.05) is 13.8 Å². The number of alkyl halides is 2. The van der Waals surface area contributed by atoms with Gasteiger partial charge in [-0.25, -0.2) is 0 Å². The molecule has 1 aliphatic rings. The highest BCUT2D eigenvalue weighted by atomic mass is 35.5. The van der Waals surface area contributed by atoms with E-state index in [-0.39, 0.29) is 24.5 Å². The Morgan fingerprint density at radius 1 is 1.47 bits per heavy atom. The third-order valence-electron chi connectivity index (χ3n) is 2.48. The van der Waals surface area contributed by atoms with Gasteiger partial charge in [0.25, 0.3) is 5.91 Å². The van der Waals surface area contributed by atoms with Crippen molar-refractivity contribution in [2.45, 2.75) is 24.8 Å². The first-order chi connectivity index (χ1) is 6.86. The van der Waals surface area contributed by atoms with Gasteiger partial charge >= 0.3 is 0 Å². The fraction of sp³-hybridized carbons (Fsp3) is 0.778. The number of hydrogen-bond donors (Lipinski definition) is 0. The Labute approximate surface area is 99.1 Å². The summed E-state index contributed by atoms with van der Waals surface area (Å²) in [7, 11) is 1.68. The second-order valence-corrected chi connectivity index (χ2v) is 5.03. The molecule has 0 N–H and O–H groups in total. The largest absolute Gasteiger partial charge is 0.323 e. The maximum atomic E-state index is 11.6.